The minimum Gasteiger partial charge on any atom is -0.462 e. The van der Waals surface area contributed by atoms with E-state index in [1.807, 2.05) is 13.8 Å². The SMILES string of the molecule is CCOC(=O)c1sc2nc(CN3CCCCC3)nc(N3CCC3)c2c1C. The molecule has 0 atom stereocenters. The first-order valence-corrected chi connectivity index (χ1v) is 10.4. The molecule has 0 aliphatic carbocycles. The summed E-state index contributed by atoms with van der Waals surface area (Å²) < 4.78 is 5.23. The lowest BCUT2D eigenvalue weighted by Crippen LogP contribution is -2.38. The van der Waals surface area contributed by atoms with Crippen LogP contribution in [0.4, 0.5) is 5.82 Å². The van der Waals surface area contributed by atoms with Gasteiger partial charge in [0.15, 0.2) is 0 Å². The summed E-state index contributed by atoms with van der Waals surface area (Å²) in [5, 5.41) is 1.03. The highest BCUT2D eigenvalue weighted by molar-refractivity contribution is 7.20. The Morgan fingerprint density at radius 1 is 1.12 bits per heavy atom. The van der Waals surface area contributed by atoms with Crippen LogP contribution in [0, 0.1) is 6.92 Å². The molecule has 4 heterocycles. The van der Waals surface area contributed by atoms with E-state index in [1.54, 1.807) is 0 Å². The van der Waals surface area contributed by atoms with Crippen molar-refractivity contribution < 1.29 is 9.53 Å². The predicted molar refractivity (Wildman–Crippen MR) is 104 cm³/mol. The number of aromatic nitrogens is 2. The van der Waals surface area contributed by atoms with E-state index in [2.05, 4.69) is 9.80 Å². The van der Waals surface area contributed by atoms with Gasteiger partial charge < -0.3 is 9.64 Å². The summed E-state index contributed by atoms with van der Waals surface area (Å²) in [6.07, 6.45) is 5.03. The third kappa shape index (κ3) is 3.30. The van der Waals surface area contributed by atoms with Crippen LogP contribution in [0.2, 0.25) is 0 Å². The molecule has 140 valence electrons. The van der Waals surface area contributed by atoms with Crippen LogP contribution in [0.1, 0.15) is 53.7 Å². The molecule has 4 rings (SSSR count). The maximum Gasteiger partial charge on any atom is 0.348 e. The summed E-state index contributed by atoms with van der Waals surface area (Å²) in [7, 11) is 0. The molecule has 2 aliphatic heterocycles. The van der Waals surface area contributed by atoms with Gasteiger partial charge >= 0.3 is 5.97 Å². The zero-order valence-electron chi connectivity index (χ0n) is 15.6. The second-order valence-electron chi connectivity index (χ2n) is 7.10. The van der Waals surface area contributed by atoms with Crippen LogP contribution in [0.25, 0.3) is 10.2 Å². The molecule has 0 aromatic carbocycles. The van der Waals surface area contributed by atoms with Crippen molar-refractivity contribution in [3.05, 3.63) is 16.3 Å². The van der Waals surface area contributed by atoms with Gasteiger partial charge in [0.1, 0.15) is 21.3 Å². The summed E-state index contributed by atoms with van der Waals surface area (Å²) in [6, 6.07) is 0. The van der Waals surface area contributed by atoms with Crippen molar-refractivity contribution in [2.24, 2.45) is 0 Å². The van der Waals surface area contributed by atoms with E-state index in [9.17, 15) is 4.79 Å². The van der Waals surface area contributed by atoms with Crippen LogP contribution < -0.4 is 4.90 Å². The lowest BCUT2D eigenvalue weighted by molar-refractivity contribution is 0.0531. The Hall–Kier alpha value is -1.73. The lowest BCUT2D eigenvalue weighted by Gasteiger charge is -2.33. The second-order valence-corrected chi connectivity index (χ2v) is 8.10. The Balaban J connectivity index is 1.73. The summed E-state index contributed by atoms with van der Waals surface area (Å²) in [5.74, 6) is 1.62. The maximum atomic E-state index is 12.3. The van der Waals surface area contributed by atoms with E-state index in [0.717, 1.165) is 60.1 Å². The molecule has 0 bridgehead atoms. The fourth-order valence-corrected chi connectivity index (χ4v) is 4.79. The van der Waals surface area contributed by atoms with Gasteiger partial charge in [-0.3, -0.25) is 4.90 Å². The Morgan fingerprint density at radius 3 is 2.54 bits per heavy atom. The number of nitrogens with zero attached hydrogens (tertiary/aromatic N) is 4. The number of carbonyl (C=O) groups excluding carboxylic acids is 1. The summed E-state index contributed by atoms with van der Waals surface area (Å²) in [6.45, 7) is 9.30. The average Bonchev–Trinajstić information content (AvgIpc) is 2.91. The van der Waals surface area contributed by atoms with Crippen LogP contribution in [-0.2, 0) is 11.3 Å². The van der Waals surface area contributed by atoms with Crippen LogP contribution in [0.3, 0.4) is 0 Å². The molecule has 0 spiro atoms. The molecule has 2 aliphatic rings. The number of fused-ring (bicyclic) bond motifs is 1. The highest BCUT2D eigenvalue weighted by atomic mass is 32.1. The lowest BCUT2D eigenvalue weighted by atomic mass is 10.1. The predicted octanol–water partition coefficient (Wildman–Crippen LogP) is 3.37. The van der Waals surface area contributed by atoms with Gasteiger partial charge in [0.25, 0.3) is 0 Å². The molecule has 2 fully saturated rings. The minimum absolute atomic E-state index is 0.250. The van der Waals surface area contributed by atoms with E-state index >= 15 is 0 Å². The molecule has 0 N–H and O–H groups in total. The van der Waals surface area contributed by atoms with Crippen molar-refractivity contribution in [2.45, 2.75) is 46.1 Å². The van der Waals surface area contributed by atoms with Crippen LogP contribution in [0.15, 0.2) is 0 Å². The highest BCUT2D eigenvalue weighted by Crippen LogP contribution is 2.37. The van der Waals surface area contributed by atoms with Crippen LogP contribution in [0.5, 0.6) is 0 Å². The molecule has 0 radical (unpaired) electrons. The van der Waals surface area contributed by atoms with Crippen molar-refractivity contribution in [3.63, 3.8) is 0 Å². The molecule has 26 heavy (non-hydrogen) atoms. The Kier molecular flexibility index (Phi) is 5.09. The van der Waals surface area contributed by atoms with Gasteiger partial charge in [0, 0.05) is 13.1 Å². The number of hydrogen-bond donors (Lipinski definition) is 0. The third-order valence-corrected chi connectivity index (χ3v) is 6.41. The van der Waals surface area contributed by atoms with Gasteiger partial charge in [0.2, 0.25) is 0 Å². The van der Waals surface area contributed by atoms with Crippen LogP contribution >= 0.6 is 11.3 Å². The first-order chi connectivity index (χ1) is 12.7. The fourth-order valence-electron chi connectivity index (χ4n) is 3.70. The molecular formula is C19H26N4O2S. The van der Waals surface area contributed by atoms with Crippen molar-refractivity contribution >= 4 is 33.3 Å². The standard InChI is InChI=1S/C19H26N4O2S/c1-3-25-19(24)16-13(2)15-17(23-10-7-11-23)20-14(21-18(15)26-16)12-22-8-5-4-6-9-22/h3-12H2,1-2H3. The Bertz CT molecular complexity index is 809. The first kappa shape index (κ1) is 17.7. The Morgan fingerprint density at radius 2 is 1.88 bits per heavy atom. The molecular weight excluding hydrogens is 348 g/mol. The van der Waals surface area contributed by atoms with E-state index in [1.165, 1.54) is 37.0 Å². The number of rotatable bonds is 5. The van der Waals surface area contributed by atoms with Crippen molar-refractivity contribution in [1.82, 2.24) is 14.9 Å². The zero-order valence-corrected chi connectivity index (χ0v) is 16.4. The highest BCUT2D eigenvalue weighted by Gasteiger charge is 2.26. The first-order valence-electron chi connectivity index (χ1n) is 9.62. The number of ether oxygens (including phenoxy) is 1. The molecule has 2 aromatic heterocycles. The molecule has 2 aromatic rings. The van der Waals surface area contributed by atoms with Crippen molar-refractivity contribution in [2.75, 3.05) is 37.7 Å². The molecule has 0 amide bonds. The zero-order chi connectivity index (χ0) is 18.1. The Labute approximate surface area is 158 Å². The third-order valence-electron chi connectivity index (χ3n) is 5.25. The number of hydrogen-bond acceptors (Lipinski definition) is 7. The van der Waals surface area contributed by atoms with Crippen molar-refractivity contribution in [3.8, 4) is 0 Å². The quantitative estimate of drug-likeness (QED) is 0.748. The monoisotopic (exact) mass is 374 g/mol. The average molecular weight is 375 g/mol. The number of likely N-dealkylation sites (tertiary alicyclic amines) is 1. The van der Waals surface area contributed by atoms with E-state index in [4.69, 9.17) is 14.7 Å². The number of thiophene rings is 1. The summed E-state index contributed by atoms with van der Waals surface area (Å²) in [4.78, 5) is 28.4. The number of piperidine rings is 1. The normalized spacial score (nSPS) is 18.2. The number of esters is 1. The topological polar surface area (TPSA) is 58.6 Å². The van der Waals surface area contributed by atoms with Gasteiger partial charge in [-0.1, -0.05) is 6.42 Å². The summed E-state index contributed by atoms with van der Waals surface area (Å²) >= 11 is 1.44. The second kappa shape index (κ2) is 7.48. The molecule has 2 saturated heterocycles. The van der Waals surface area contributed by atoms with E-state index in [-0.39, 0.29) is 5.97 Å². The van der Waals surface area contributed by atoms with Gasteiger partial charge in [0.05, 0.1) is 18.5 Å². The largest absolute Gasteiger partial charge is 0.462 e. The van der Waals surface area contributed by atoms with Crippen molar-refractivity contribution in [1.29, 1.82) is 0 Å². The van der Waals surface area contributed by atoms with Gasteiger partial charge in [-0.2, -0.15) is 0 Å². The maximum absolute atomic E-state index is 12.3. The molecule has 0 unspecified atom stereocenters. The van der Waals surface area contributed by atoms with Gasteiger partial charge in [-0.15, -0.1) is 11.3 Å². The number of aryl methyl sites for hydroxylation is 1. The van der Waals surface area contributed by atoms with Crippen LogP contribution in [-0.4, -0.2) is 53.6 Å². The molecule has 0 saturated carbocycles. The number of carbonyl (C=O) groups is 1. The summed E-state index contributed by atoms with van der Waals surface area (Å²) in [5.41, 5.74) is 0.954. The van der Waals surface area contributed by atoms with E-state index < -0.39 is 0 Å². The molecule has 6 nitrogen and oxygen atoms in total. The van der Waals surface area contributed by atoms with Gasteiger partial charge in [-0.05, 0) is 51.8 Å². The molecule has 7 heteroatoms. The number of anilines is 1. The van der Waals surface area contributed by atoms with Gasteiger partial charge in [-0.25, -0.2) is 14.8 Å². The smallest absolute Gasteiger partial charge is 0.348 e. The fraction of sp³-hybridized carbons (Fsp3) is 0.632. The minimum atomic E-state index is -0.250. The van der Waals surface area contributed by atoms with E-state index in [0.29, 0.717) is 11.5 Å².